The van der Waals surface area contributed by atoms with Gasteiger partial charge in [-0.1, -0.05) is 175 Å². The van der Waals surface area contributed by atoms with Crippen LogP contribution in [0.5, 0.6) is 0 Å². The van der Waals surface area contributed by atoms with Crippen LogP contribution in [0, 0.1) is 0 Å². The highest BCUT2D eigenvalue weighted by Gasteiger charge is 2.20. The maximum Gasteiger partial charge on any atom is 0.306 e. The molecule has 0 aromatic carbocycles. The number of phosphoric acid groups is 1. The molecule has 0 amide bonds. The van der Waals surface area contributed by atoms with Gasteiger partial charge in [0, 0.05) is 13.0 Å². The molecule has 0 aliphatic rings. The monoisotopic (exact) mass is 898 g/mol. The van der Waals surface area contributed by atoms with Crippen LogP contribution in [-0.4, -0.2) is 70.7 Å². The number of unbranched alkanes of at least 4 members (excludes halogenated alkanes) is 12. The molecule has 0 radical (unpaired) electrons. The maximum absolute atomic E-state index is 12.7. The second-order valence-electron chi connectivity index (χ2n) is 17.1. The number of carbonyl (C=O) groups is 1. The molecule has 0 aliphatic heterocycles. The fraction of sp³-hybridized carbons (Fsp3) is 0.648. The highest BCUT2D eigenvalue weighted by atomic mass is 31.2. The Kier molecular flexibility index (Phi) is 43.7. The van der Waals surface area contributed by atoms with Crippen LogP contribution in [0.2, 0.25) is 0 Å². The van der Waals surface area contributed by atoms with Gasteiger partial charge in [-0.05, 0) is 96.3 Å². The number of carbonyl (C=O) groups excluding carboxylic acids is 1. The van der Waals surface area contributed by atoms with Gasteiger partial charge in [0.1, 0.15) is 19.3 Å². The Labute approximate surface area is 387 Å². The molecular formula is C54H92NO7P. The van der Waals surface area contributed by atoms with Crippen LogP contribution in [-0.2, 0) is 27.9 Å². The minimum Gasteiger partial charge on any atom is -0.756 e. The van der Waals surface area contributed by atoms with Crippen molar-refractivity contribution >= 4 is 13.8 Å². The number of nitrogens with zero attached hydrogens (tertiary/aromatic N) is 1. The summed E-state index contributed by atoms with van der Waals surface area (Å²) in [5, 5.41) is 0. The van der Waals surface area contributed by atoms with Gasteiger partial charge in [-0.3, -0.25) is 9.36 Å². The summed E-state index contributed by atoms with van der Waals surface area (Å²) in [5.41, 5.74) is 0. The summed E-state index contributed by atoms with van der Waals surface area (Å²) in [7, 11) is 1.31. The number of quaternary nitrogens is 1. The summed E-state index contributed by atoms with van der Waals surface area (Å²) >= 11 is 0. The van der Waals surface area contributed by atoms with Crippen molar-refractivity contribution < 1.29 is 37.3 Å². The highest BCUT2D eigenvalue weighted by Crippen LogP contribution is 2.38. The average molecular weight is 898 g/mol. The summed E-state index contributed by atoms with van der Waals surface area (Å²) in [6, 6.07) is 0. The molecule has 0 fully saturated rings. The van der Waals surface area contributed by atoms with Crippen molar-refractivity contribution in [3.8, 4) is 0 Å². The first-order valence-electron chi connectivity index (χ1n) is 24.6. The molecule has 0 rings (SSSR count). The first kappa shape index (κ1) is 60.2. The Morgan fingerprint density at radius 1 is 0.492 bits per heavy atom. The molecule has 0 aliphatic carbocycles. The maximum atomic E-state index is 12.7. The predicted octanol–water partition coefficient (Wildman–Crippen LogP) is 14.5. The minimum absolute atomic E-state index is 0.0109. The number of hydrogen-bond acceptors (Lipinski definition) is 7. The molecule has 0 aromatic heterocycles. The lowest BCUT2D eigenvalue weighted by Gasteiger charge is -2.28. The molecule has 0 bridgehead atoms. The van der Waals surface area contributed by atoms with E-state index in [1.807, 2.05) is 21.1 Å². The standard InChI is InChI=1S/C54H92NO7P/c1-6-8-10-12-14-16-18-20-22-23-24-25-26-27-28-29-30-31-32-34-36-38-40-42-44-46-49-59-51-53(52-61-63(57,58)60-50-48-55(3,4)5)62-54(56)47-45-43-41-39-37-35-33-21-19-17-15-13-11-9-7-2/h8-11,14-17,20-22,24-25,27-28,33,37,39,53H,6-7,12-13,18-19,23,26,29-32,34-36,38,40-52H2,1-5H3/b10-8-,11-9-,16-14-,17-15-,22-20-,25-24-,28-27-,33-21-,39-37-. The molecule has 0 spiro atoms. The van der Waals surface area contributed by atoms with Crippen molar-refractivity contribution in [3.63, 3.8) is 0 Å². The van der Waals surface area contributed by atoms with E-state index < -0.39 is 13.9 Å². The van der Waals surface area contributed by atoms with Crippen molar-refractivity contribution in [2.75, 3.05) is 54.1 Å². The van der Waals surface area contributed by atoms with Crippen molar-refractivity contribution in [1.82, 2.24) is 0 Å². The Balaban J connectivity index is 4.20. The third kappa shape index (κ3) is 50.0. The molecule has 8 nitrogen and oxygen atoms in total. The van der Waals surface area contributed by atoms with Crippen molar-refractivity contribution in [2.45, 2.75) is 174 Å². The zero-order chi connectivity index (χ0) is 46.2. The lowest BCUT2D eigenvalue weighted by molar-refractivity contribution is -0.870. The van der Waals surface area contributed by atoms with Crippen LogP contribution in [0.25, 0.3) is 0 Å². The molecule has 0 saturated carbocycles. The van der Waals surface area contributed by atoms with Crippen molar-refractivity contribution in [3.05, 3.63) is 109 Å². The predicted molar refractivity (Wildman–Crippen MR) is 268 cm³/mol. The topological polar surface area (TPSA) is 94.1 Å². The summed E-state index contributed by atoms with van der Waals surface area (Å²) in [4.78, 5) is 25.1. The van der Waals surface area contributed by atoms with Crippen molar-refractivity contribution in [1.29, 1.82) is 0 Å². The zero-order valence-corrected chi connectivity index (χ0v) is 41.6. The molecule has 2 atom stereocenters. The molecule has 0 heterocycles. The molecule has 9 heteroatoms. The summed E-state index contributed by atoms with van der Waals surface area (Å²) in [5.74, 6) is -0.380. The Hall–Kier alpha value is -2.84. The lowest BCUT2D eigenvalue weighted by Crippen LogP contribution is -2.37. The van der Waals surface area contributed by atoms with Crippen LogP contribution in [0.4, 0.5) is 0 Å². The van der Waals surface area contributed by atoms with Gasteiger partial charge in [0.2, 0.25) is 0 Å². The highest BCUT2D eigenvalue weighted by molar-refractivity contribution is 7.45. The van der Waals surface area contributed by atoms with Gasteiger partial charge in [0.05, 0.1) is 34.4 Å². The number of hydrogen-bond donors (Lipinski definition) is 0. The SMILES string of the molecule is CC/C=C\C/C=C\C/C=C\C/C=C\C/C=C\CCCCCCCCCCCCOCC(COP(=O)([O-])OCC[N+](C)(C)C)OC(=O)CCCC/C=C\C/C=C\C/C=C\C/C=C\CC. The average Bonchev–Trinajstić information content (AvgIpc) is 3.24. The number of allylic oxidation sites excluding steroid dienone is 18. The van der Waals surface area contributed by atoms with E-state index in [4.69, 9.17) is 18.5 Å². The van der Waals surface area contributed by atoms with E-state index in [0.29, 0.717) is 24.1 Å². The number of phosphoric ester groups is 1. The minimum atomic E-state index is -4.55. The fourth-order valence-corrected chi connectivity index (χ4v) is 6.82. The first-order chi connectivity index (χ1) is 30.6. The number of esters is 1. The van der Waals surface area contributed by atoms with E-state index in [1.165, 1.54) is 57.8 Å². The quantitative estimate of drug-likeness (QED) is 0.0198. The van der Waals surface area contributed by atoms with E-state index in [0.717, 1.165) is 83.5 Å². The van der Waals surface area contributed by atoms with Crippen LogP contribution in [0.1, 0.15) is 168 Å². The van der Waals surface area contributed by atoms with Crippen molar-refractivity contribution in [2.24, 2.45) is 0 Å². The van der Waals surface area contributed by atoms with Gasteiger partial charge in [0.25, 0.3) is 7.82 Å². The van der Waals surface area contributed by atoms with Gasteiger partial charge < -0.3 is 27.9 Å². The molecule has 360 valence electrons. The van der Waals surface area contributed by atoms with Gasteiger partial charge in [-0.2, -0.15) is 0 Å². The van der Waals surface area contributed by atoms with E-state index >= 15 is 0 Å². The smallest absolute Gasteiger partial charge is 0.306 e. The lowest BCUT2D eigenvalue weighted by atomic mass is 10.1. The zero-order valence-electron chi connectivity index (χ0n) is 40.7. The number of ether oxygens (including phenoxy) is 2. The fourth-order valence-electron chi connectivity index (χ4n) is 6.09. The Bertz CT molecular complexity index is 1370. The molecule has 0 N–H and O–H groups in total. The Morgan fingerprint density at radius 3 is 1.30 bits per heavy atom. The van der Waals surface area contributed by atoms with Crippen LogP contribution < -0.4 is 4.89 Å². The molecule has 63 heavy (non-hydrogen) atoms. The largest absolute Gasteiger partial charge is 0.756 e. The summed E-state index contributed by atoms with van der Waals surface area (Å²) in [6.07, 6.45) is 64.1. The second kappa shape index (κ2) is 45.7. The summed E-state index contributed by atoms with van der Waals surface area (Å²) in [6.45, 7) is 5.09. The van der Waals surface area contributed by atoms with Crippen LogP contribution in [0.15, 0.2) is 109 Å². The van der Waals surface area contributed by atoms with Gasteiger partial charge in [0.15, 0.2) is 0 Å². The summed E-state index contributed by atoms with van der Waals surface area (Å²) < 4.78 is 34.6. The number of rotatable bonds is 44. The first-order valence-corrected chi connectivity index (χ1v) is 26.1. The van der Waals surface area contributed by atoms with Gasteiger partial charge in [-0.25, -0.2) is 0 Å². The van der Waals surface area contributed by atoms with E-state index in [1.54, 1.807) is 0 Å². The van der Waals surface area contributed by atoms with E-state index in [2.05, 4.69) is 123 Å². The molecule has 2 unspecified atom stereocenters. The van der Waals surface area contributed by atoms with Crippen LogP contribution in [0.3, 0.4) is 0 Å². The molecule has 0 aromatic rings. The van der Waals surface area contributed by atoms with Crippen LogP contribution >= 0.6 is 7.82 Å². The van der Waals surface area contributed by atoms with E-state index in [9.17, 15) is 14.3 Å². The number of likely N-dealkylation sites (N-methyl/N-ethyl adjacent to an activating group) is 1. The Morgan fingerprint density at radius 2 is 0.873 bits per heavy atom. The van der Waals surface area contributed by atoms with Gasteiger partial charge >= 0.3 is 5.97 Å². The van der Waals surface area contributed by atoms with Gasteiger partial charge in [-0.15, -0.1) is 0 Å². The third-order valence-electron chi connectivity index (χ3n) is 9.82. The second-order valence-corrected chi connectivity index (χ2v) is 18.5. The molecular weight excluding hydrogens is 806 g/mol. The third-order valence-corrected chi connectivity index (χ3v) is 10.8. The molecule has 0 saturated heterocycles. The normalized spacial score (nSPS) is 14.6. The van der Waals surface area contributed by atoms with E-state index in [-0.39, 0.29) is 32.2 Å².